The Bertz CT molecular complexity index is 1780. The Morgan fingerprint density at radius 3 is 2.30 bits per heavy atom. The number of unbranched alkanes of at least 4 members (excludes halogenated alkanes) is 1. The van der Waals surface area contributed by atoms with E-state index in [4.69, 9.17) is 0 Å². The minimum atomic E-state index is -0.448. The molecule has 4 aromatic rings. The van der Waals surface area contributed by atoms with Crippen LogP contribution in [-0.4, -0.2) is 40.1 Å². The number of aryl methyl sites for hydroxylation is 1. The number of benzene rings is 2. The number of amides is 2. The van der Waals surface area contributed by atoms with Crippen LogP contribution < -0.4 is 16.2 Å². The van der Waals surface area contributed by atoms with Crippen molar-refractivity contribution in [3.63, 3.8) is 0 Å². The monoisotopic (exact) mass is 617 g/mol. The van der Waals surface area contributed by atoms with Crippen LogP contribution in [0.5, 0.6) is 0 Å². The number of piperidine rings is 1. The molecule has 2 N–H and O–H groups in total. The Morgan fingerprint density at radius 2 is 1.61 bits per heavy atom. The van der Waals surface area contributed by atoms with Gasteiger partial charge in [-0.15, -0.1) is 0 Å². The number of nitrogens with zero attached hydrogens (tertiary/aromatic N) is 3. The van der Waals surface area contributed by atoms with Gasteiger partial charge < -0.3 is 10.6 Å². The number of aromatic nitrogens is 2. The Labute approximate surface area is 273 Å². The zero-order valence-corrected chi connectivity index (χ0v) is 28.0. The van der Waals surface area contributed by atoms with E-state index in [0.29, 0.717) is 17.8 Å². The molecular formula is C39H47N5O2. The van der Waals surface area contributed by atoms with Gasteiger partial charge in [-0.1, -0.05) is 89.6 Å². The summed E-state index contributed by atoms with van der Waals surface area (Å²) in [4.78, 5) is 35.2. The fourth-order valence-corrected chi connectivity index (χ4v) is 6.30. The quantitative estimate of drug-likeness (QED) is 0.184. The number of likely N-dealkylation sites (tertiary alicyclic amines) is 1. The largest absolute Gasteiger partial charge is 0.323 e. The van der Waals surface area contributed by atoms with Gasteiger partial charge in [0.05, 0.1) is 6.54 Å². The molecule has 1 fully saturated rings. The molecule has 2 amide bonds. The number of nitrogens with one attached hydrogen (secondary N) is 2. The SMILES string of the molecule is CCCCn1c(=O)c(NC(=O)Nc2c(C(C)C)cccc2C(C)C)c(-c2cccc(C#CCN3CCCCC3)c2)c2cccnc21. The summed E-state index contributed by atoms with van der Waals surface area (Å²) in [5, 5.41) is 6.96. The first-order chi connectivity index (χ1) is 22.3. The predicted octanol–water partition coefficient (Wildman–Crippen LogP) is 8.59. The number of urea groups is 1. The minimum Gasteiger partial charge on any atom is -0.307 e. The Morgan fingerprint density at radius 1 is 0.913 bits per heavy atom. The van der Waals surface area contributed by atoms with Crippen molar-refractivity contribution in [2.24, 2.45) is 0 Å². The molecule has 1 saturated heterocycles. The standard InChI is InChI=1S/C39H47N5O2/c1-6-7-25-44-37-33(20-13-21-40-37)34(30-17-11-15-29(26-30)16-14-24-43-22-9-8-10-23-43)36(38(44)45)42-39(46)41-35-31(27(2)3)18-12-19-32(35)28(4)5/h11-13,15,17-21,26-28H,6-10,22-25H2,1-5H3,(H2,41,42,46). The van der Waals surface area contributed by atoms with Crippen molar-refractivity contribution < 1.29 is 4.79 Å². The average Bonchev–Trinajstić information content (AvgIpc) is 3.05. The van der Waals surface area contributed by atoms with Crippen LogP contribution in [-0.2, 0) is 6.54 Å². The summed E-state index contributed by atoms with van der Waals surface area (Å²) in [6, 6.07) is 17.5. The molecule has 3 heterocycles. The van der Waals surface area contributed by atoms with Crippen LogP contribution >= 0.6 is 0 Å². The third-order valence-corrected chi connectivity index (χ3v) is 8.74. The second-order valence-corrected chi connectivity index (χ2v) is 12.9. The minimum absolute atomic E-state index is 0.210. The number of para-hydroxylation sites is 1. The molecule has 0 unspecified atom stereocenters. The lowest BCUT2D eigenvalue weighted by Crippen LogP contribution is -2.30. The molecule has 240 valence electrons. The predicted molar refractivity (Wildman–Crippen MR) is 191 cm³/mol. The first kappa shape index (κ1) is 33.0. The van der Waals surface area contributed by atoms with Gasteiger partial charge in [0, 0.05) is 34.9 Å². The van der Waals surface area contributed by atoms with Crippen molar-refractivity contribution in [1.29, 1.82) is 0 Å². The zero-order valence-electron chi connectivity index (χ0n) is 28.0. The lowest BCUT2D eigenvalue weighted by atomic mass is 9.93. The summed E-state index contributed by atoms with van der Waals surface area (Å²) in [5.74, 6) is 7.11. The Hall–Kier alpha value is -4.41. The maximum Gasteiger partial charge on any atom is 0.323 e. The second kappa shape index (κ2) is 15.2. The van der Waals surface area contributed by atoms with Gasteiger partial charge in [-0.05, 0) is 85.1 Å². The maximum absolute atomic E-state index is 14.3. The van der Waals surface area contributed by atoms with Gasteiger partial charge in [0.15, 0.2) is 0 Å². The molecule has 2 aromatic carbocycles. The molecule has 0 radical (unpaired) electrons. The molecule has 1 aliphatic heterocycles. The molecule has 46 heavy (non-hydrogen) atoms. The van der Waals surface area contributed by atoms with Crippen LogP contribution in [0, 0.1) is 11.8 Å². The smallest absolute Gasteiger partial charge is 0.307 e. The van der Waals surface area contributed by atoms with Crippen LogP contribution in [0.25, 0.3) is 22.2 Å². The number of rotatable bonds is 9. The third-order valence-electron chi connectivity index (χ3n) is 8.74. The van der Waals surface area contributed by atoms with Gasteiger partial charge in [-0.3, -0.25) is 14.3 Å². The Kier molecular flexibility index (Phi) is 10.9. The van der Waals surface area contributed by atoms with Crippen molar-refractivity contribution in [3.8, 4) is 23.0 Å². The van der Waals surface area contributed by atoms with E-state index in [2.05, 4.69) is 79.1 Å². The molecular weight excluding hydrogens is 570 g/mol. The number of hydrogen-bond acceptors (Lipinski definition) is 4. The normalized spacial score (nSPS) is 13.5. The fourth-order valence-electron chi connectivity index (χ4n) is 6.30. The number of carbonyl (C=O) groups is 1. The number of hydrogen-bond donors (Lipinski definition) is 2. The topological polar surface area (TPSA) is 79.3 Å². The number of anilines is 2. The second-order valence-electron chi connectivity index (χ2n) is 12.9. The number of pyridine rings is 2. The van der Waals surface area contributed by atoms with E-state index in [0.717, 1.165) is 65.8 Å². The molecule has 2 aromatic heterocycles. The van der Waals surface area contributed by atoms with Crippen molar-refractivity contribution in [1.82, 2.24) is 14.5 Å². The van der Waals surface area contributed by atoms with Gasteiger partial charge in [-0.2, -0.15) is 0 Å². The van der Waals surface area contributed by atoms with Gasteiger partial charge in [-0.25, -0.2) is 9.78 Å². The highest BCUT2D eigenvalue weighted by Crippen LogP contribution is 2.35. The third kappa shape index (κ3) is 7.51. The first-order valence-corrected chi connectivity index (χ1v) is 16.8. The molecule has 0 bridgehead atoms. The van der Waals surface area contributed by atoms with Gasteiger partial charge in [0.1, 0.15) is 11.3 Å². The van der Waals surface area contributed by atoms with Crippen molar-refractivity contribution in [2.45, 2.75) is 85.1 Å². The van der Waals surface area contributed by atoms with Crippen molar-refractivity contribution in [2.75, 3.05) is 30.3 Å². The summed E-state index contributed by atoms with van der Waals surface area (Å²) >= 11 is 0. The van der Waals surface area contributed by atoms with Crippen molar-refractivity contribution >= 4 is 28.4 Å². The molecule has 7 nitrogen and oxygen atoms in total. The van der Waals surface area contributed by atoms with Crippen LogP contribution in [0.1, 0.15) is 95.2 Å². The van der Waals surface area contributed by atoms with Gasteiger partial charge in [0.2, 0.25) is 0 Å². The summed E-state index contributed by atoms with van der Waals surface area (Å²) < 4.78 is 1.70. The fraction of sp³-hybridized carbons (Fsp3) is 0.410. The van der Waals surface area contributed by atoms with Crippen LogP contribution in [0.15, 0.2) is 65.6 Å². The number of carbonyl (C=O) groups excluding carboxylic acids is 1. The van der Waals surface area contributed by atoms with Crippen LogP contribution in [0.3, 0.4) is 0 Å². The maximum atomic E-state index is 14.3. The van der Waals surface area contributed by atoms with E-state index < -0.39 is 6.03 Å². The molecule has 1 aliphatic rings. The molecule has 0 saturated carbocycles. The molecule has 0 spiro atoms. The van der Waals surface area contributed by atoms with E-state index in [1.807, 2.05) is 42.5 Å². The summed E-state index contributed by atoms with van der Waals surface area (Å²) in [7, 11) is 0. The summed E-state index contributed by atoms with van der Waals surface area (Å²) in [6.45, 7) is 14.0. The van der Waals surface area contributed by atoms with Gasteiger partial charge in [0.25, 0.3) is 5.56 Å². The van der Waals surface area contributed by atoms with E-state index in [1.54, 1.807) is 10.8 Å². The molecule has 5 rings (SSSR count). The summed E-state index contributed by atoms with van der Waals surface area (Å²) in [5.41, 5.74) is 5.81. The highest BCUT2D eigenvalue weighted by Gasteiger charge is 2.22. The van der Waals surface area contributed by atoms with E-state index >= 15 is 0 Å². The van der Waals surface area contributed by atoms with Crippen molar-refractivity contribution in [3.05, 3.63) is 87.8 Å². The Balaban J connectivity index is 1.59. The van der Waals surface area contributed by atoms with Crippen LogP contribution in [0.2, 0.25) is 0 Å². The molecule has 0 aliphatic carbocycles. The van der Waals surface area contributed by atoms with Gasteiger partial charge >= 0.3 is 6.03 Å². The van der Waals surface area contributed by atoms with Crippen LogP contribution in [0.4, 0.5) is 16.2 Å². The molecule has 7 heteroatoms. The lowest BCUT2D eigenvalue weighted by Gasteiger charge is -2.23. The number of fused-ring (bicyclic) bond motifs is 1. The highest BCUT2D eigenvalue weighted by atomic mass is 16.2. The first-order valence-electron chi connectivity index (χ1n) is 16.8. The molecule has 0 atom stereocenters. The van der Waals surface area contributed by atoms with E-state index in [-0.39, 0.29) is 23.1 Å². The van der Waals surface area contributed by atoms with E-state index in [9.17, 15) is 9.59 Å². The zero-order chi connectivity index (χ0) is 32.6. The highest BCUT2D eigenvalue weighted by molar-refractivity contribution is 6.07. The van der Waals surface area contributed by atoms with E-state index in [1.165, 1.54) is 19.3 Å². The average molecular weight is 618 g/mol. The lowest BCUT2D eigenvalue weighted by molar-refractivity contribution is 0.255. The summed E-state index contributed by atoms with van der Waals surface area (Å²) in [6.07, 6.45) is 7.21.